The highest BCUT2D eigenvalue weighted by molar-refractivity contribution is 5.95. The molecular weight excluding hydrogens is 228 g/mol. The van der Waals surface area contributed by atoms with Crippen molar-refractivity contribution in [2.75, 3.05) is 5.73 Å². The lowest BCUT2D eigenvalue weighted by atomic mass is 10.1. The molecular formula is C14H14N2O2. The van der Waals surface area contributed by atoms with Crippen LogP contribution in [-0.2, 0) is 11.3 Å². The van der Waals surface area contributed by atoms with E-state index < -0.39 is 5.97 Å². The van der Waals surface area contributed by atoms with Crippen LogP contribution in [0, 0.1) is 6.92 Å². The van der Waals surface area contributed by atoms with E-state index in [0.29, 0.717) is 11.3 Å². The lowest BCUT2D eigenvalue weighted by molar-refractivity contribution is 0.0473. The normalized spacial score (nSPS) is 10.1. The summed E-state index contributed by atoms with van der Waals surface area (Å²) in [5.41, 5.74) is 8.42. The first-order valence-corrected chi connectivity index (χ1v) is 5.59. The molecule has 92 valence electrons. The van der Waals surface area contributed by atoms with Gasteiger partial charge in [-0.05, 0) is 24.6 Å². The molecule has 0 aliphatic carbocycles. The average molecular weight is 242 g/mol. The number of carbonyl (C=O) groups excluding carboxylic acids is 1. The molecule has 0 atom stereocenters. The van der Waals surface area contributed by atoms with Gasteiger partial charge in [-0.25, -0.2) is 4.79 Å². The van der Waals surface area contributed by atoms with Gasteiger partial charge in [-0.1, -0.05) is 18.2 Å². The minimum Gasteiger partial charge on any atom is -0.457 e. The molecule has 2 rings (SSSR count). The van der Waals surface area contributed by atoms with Gasteiger partial charge in [0.05, 0.1) is 5.56 Å². The van der Waals surface area contributed by atoms with E-state index in [2.05, 4.69) is 4.98 Å². The second-order valence-electron chi connectivity index (χ2n) is 3.97. The number of hydrogen-bond donors (Lipinski definition) is 1. The molecule has 0 aliphatic heterocycles. The van der Waals surface area contributed by atoms with Crippen LogP contribution in [0.2, 0.25) is 0 Å². The van der Waals surface area contributed by atoms with Crippen LogP contribution in [0.4, 0.5) is 5.69 Å². The first kappa shape index (κ1) is 12.1. The molecule has 4 heteroatoms. The van der Waals surface area contributed by atoms with Gasteiger partial charge < -0.3 is 10.5 Å². The number of pyridine rings is 1. The van der Waals surface area contributed by atoms with Gasteiger partial charge in [-0.3, -0.25) is 4.98 Å². The van der Waals surface area contributed by atoms with Crippen molar-refractivity contribution in [3.05, 3.63) is 59.4 Å². The van der Waals surface area contributed by atoms with Gasteiger partial charge in [-0.2, -0.15) is 0 Å². The largest absolute Gasteiger partial charge is 0.457 e. The van der Waals surface area contributed by atoms with Gasteiger partial charge >= 0.3 is 5.97 Å². The van der Waals surface area contributed by atoms with Gasteiger partial charge in [0.1, 0.15) is 6.61 Å². The minimum atomic E-state index is -0.417. The third-order valence-electron chi connectivity index (χ3n) is 2.64. The Bertz CT molecular complexity index is 553. The Labute approximate surface area is 105 Å². The summed E-state index contributed by atoms with van der Waals surface area (Å²) in [5, 5.41) is 0. The highest BCUT2D eigenvalue weighted by atomic mass is 16.5. The van der Waals surface area contributed by atoms with Crippen molar-refractivity contribution in [1.82, 2.24) is 4.98 Å². The molecule has 4 nitrogen and oxygen atoms in total. The van der Waals surface area contributed by atoms with Gasteiger partial charge in [-0.15, -0.1) is 0 Å². The maximum Gasteiger partial charge on any atom is 0.340 e. The summed E-state index contributed by atoms with van der Waals surface area (Å²) in [5.74, 6) is -0.417. The van der Waals surface area contributed by atoms with E-state index in [1.165, 1.54) is 0 Å². The predicted octanol–water partition coefficient (Wildman–Crippen LogP) is 2.33. The van der Waals surface area contributed by atoms with E-state index in [0.717, 1.165) is 11.1 Å². The molecule has 0 bridgehead atoms. The zero-order valence-electron chi connectivity index (χ0n) is 10.1. The van der Waals surface area contributed by atoms with Crippen LogP contribution in [0.5, 0.6) is 0 Å². The Morgan fingerprint density at radius 2 is 2.17 bits per heavy atom. The van der Waals surface area contributed by atoms with Crippen molar-refractivity contribution in [2.24, 2.45) is 0 Å². The quantitative estimate of drug-likeness (QED) is 0.662. The fourth-order valence-electron chi connectivity index (χ4n) is 1.57. The molecule has 2 N–H and O–H groups in total. The van der Waals surface area contributed by atoms with Gasteiger partial charge in [0.25, 0.3) is 0 Å². The van der Waals surface area contributed by atoms with E-state index in [1.54, 1.807) is 30.6 Å². The van der Waals surface area contributed by atoms with E-state index in [9.17, 15) is 4.79 Å². The maximum absolute atomic E-state index is 11.9. The van der Waals surface area contributed by atoms with Crippen molar-refractivity contribution in [1.29, 1.82) is 0 Å². The molecule has 0 unspecified atom stereocenters. The summed E-state index contributed by atoms with van der Waals surface area (Å²) >= 11 is 0. The first-order chi connectivity index (χ1) is 8.68. The van der Waals surface area contributed by atoms with Crippen molar-refractivity contribution < 1.29 is 9.53 Å². The van der Waals surface area contributed by atoms with E-state index in [-0.39, 0.29) is 6.61 Å². The Balaban J connectivity index is 2.07. The van der Waals surface area contributed by atoms with Crippen LogP contribution in [0.25, 0.3) is 0 Å². The number of nitrogens with zero attached hydrogens (tertiary/aromatic N) is 1. The van der Waals surface area contributed by atoms with E-state index >= 15 is 0 Å². The number of esters is 1. The first-order valence-electron chi connectivity index (χ1n) is 5.59. The average Bonchev–Trinajstić information content (AvgIpc) is 2.40. The molecule has 2 aromatic rings. The Hall–Kier alpha value is -2.36. The smallest absolute Gasteiger partial charge is 0.340 e. The van der Waals surface area contributed by atoms with E-state index in [4.69, 9.17) is 10.5 Å². The van der Waals surface area contributed by atoms with E-state index in [1.807, 2.05) is 19.1 Å². The molecule has 1 aromatic heterocycles. The number of para-hydroxylation sites is 1. The van der Waals surface area contributed by atoms with Crippen LogP contribution in [0.15, 0.2) is 42.7 Å². The number of carbonyl (C=O) groups is 1. The third-order valence-corrected chi connectivity index (χ3v) is 2.64. The maximum atomic E-state index is 11.9. The molecule has 0 saturated heterocycles. The highest BCUT2D eigenvalue weighted by Gasteiger charge is 2.12. The molecule has 0 spiro atoms. The fraction of sp³-hybridized carbons (Fsp3) is 0.143. The fourth-order valence-corrected chi connectivity index (χ4v) is 1.57. The SMILES string of the molecule is Cc1cccc(C(=O)OCc2cccnc2)c1N. The summed E-state index contributed by atoms with van der Waals surface area (Å²) in [6, 6.07) is 8.94. The number of aromatic nitrogens is 1. The standard InChI is InChI=1S/C14H14N2O2/c1-10-4-2-6-12(13(10)15)14(17)18-9-11-5-3-7-16-8-11/h2-8H,9,15H2,1H3. The lowest BCUT2D eigenvalue weighted by Gasteiger charge is -2.08. The molecule has 0 amide bonds. The lowest BCUT2D eigenvalue weighted by Crippen LogP contribution is -2.09. The number of ether oxygens (including phenoxy) is 1. The zero-order chi connectivity index (χ0) is 13.0. The molecule has 1 aromatic carbocycles. The molecule has 0 aliphatic rings. The molecule has 18 heavy (non-hydrogen) atoms. The summed E-state index contributed by atoms with van der Waals surface area (Å²) < 4.78 is 5.19. The Morgan fingerprint density at radius 3 is 2.89 bits per heavy atom. The monoisotopic (exact) mass is 242 g/mol. The van der Waals surface area contributed by atoms with Gasteiger partial charge in [0, 0.05) is 23.6 Å². The van der Waals surface area contributed by atoms with Crippen molar-refractivity contribution in [3.63, 3.8) is 0 Å². The van der Waals surface area contributed by atoms with Crippen LogP contribution < -0.4 is 5.73 Å². The highest BCUT2D eigenvalue weighted by Crippen LogP contribution is 2.17. The number of hydrogen-bond acceptors (Lipinski definition) is 4. The van der Waals surface area contributed by atoms with Crippen LogP contribution in [0.1, 0.15) is 21.5 Å². The zero-order valence-corrected chi connectivity index (χ0v) is 10.1. The third kappa shape index (κ3) is 2.66. The number of rotatable bonds is 3. The van der Waals surface area contributed by atoms with Gasteiger partial charge in [0.2, 0.25) is 0 Å². The number of nitrogen functional groups attached to an aromatic ring is 1. The van der Waals surface area contributed by atoms with Crippen LogP contribution in [-0.4, -0.2) is 11.0 Å². The molecule has 1 heterocycles. The molecule has 0 radical (unpaired) electrons. The summed E-state index contributed by atoms with van der Waals surface area (Å²) in [6.45, 7) is 2.05. The Morgan fingerprint density at radius 1 is 1.33 bits per heavy atom. The van der Waals surface area contributed by atoms with Crippen LogP contribution in [0.3, 0.4) is 0 Å². The van der Waals surface area contributed by atoms with Crippen molar-refractivity contribution in [2.45, 2.75) is 13.5 Å². The van der Waals surface area contributed by atoms with Gasteiger partial charge in [0.15, 0.2) is 0 Å². The number of aryl methyl sites for hydroxylation is 1. The minimum absolute atomic E-state index is 0.194. The molecule has 0 saturated carbocycles. The van der Waals surface area contributed by atoms with Crippen LogP contribution >= 0.6 is 0 Å². The number of nitrogens with two attached hydrogens (primary N) is 1. The second-order valence-corrected chi connectivity index (χ2v) is 3.97. The van der Waals surface area contributed by atoms with Crippen molar-refractivity contribution in [3.8, 4) is 0 Å². The summed E-state index contributed by atoms with van der Waals surface area (Å²) in [6.07, 6.45) is 3.33. The summed E-state index contributed by atoms with van der Waals surface area (Å²) in [4.78, 5) is 15.8. The number of benzene rings is 1. The second kappa shape index (κ2) is 5.31. The topological polar surface area (TPSA) is 65.2 Å². The Kier molecular flexibility index (Phi) is 3.57. The predicted molar refractivity (Wildman–Crippen MR) is 68.9 cm³/mol. The molecule has 0 fully saturated rings. The summed E-state index contributed by atoms with van der Waals surface area (Å²) in [7, 11) is 0. The van der Waals surface area contributed by atoms with Crippen molar-refractivity contribution >= 4 is 11.7 Å². The number of anilines is 1.